The van der Waals surface area contributed by atoms with Crippen molar-refractivity contribution >= 4 is 11.9 Å². The van der Waals surface area contributed by atoms with Gasteiger partial charge in [-0.1, -0.05) is 26.3 Å². The summed E-state index contributed by atoms with van der Waals surface area (Å²) in [4.78, 5) is 23.5. The summed E-state index contributed by atoms with van der Waals surface area (Å²) in [6.45, 7) is 9.21. The Morgan fingerprint density at radius 2 is 1.92 bits per heavy atom. The Balaban J connectivity index is 2.56. The standard InChI is InChI=1S/C20H32O6/c1-6-24-16(21)13-11-9-7-8-10-12-15-17(18(22)14(2)3)19(23)26-20(4,5)25-15/h11,13-14,18,22H,6-10,12H2,1-5H3/b13-11+. The number of carbonyl (C=O) groups excluding carboxylic acids is 2. The first kappa shape index (κ1) is 22.2. The van der Waals surface area contributed by atoms with Crippen LogP contribution in [0.25, 0.3) is 0 Å². The minimum absolute atomic E-state index is 0.106. The van der Waals surface area contributed by atoms with Crippen molar-refractivity contribution in [3.05, 3.63) is 23.5 Å². The highest BCUT2D eigenvalue weighted by Gasteiger charge is 2.39. The number of allylic oxidation sites excluding steroid dienone is 2. The second kappa shape index (κ2) is 10.4. The third-order valence-electron chi connectivity index (χ3n) is 3.97. The molecule has 6 nitrogen and oxygen atoms in total. The van der Waals surface area contributed by atoms with Crippen molar-refractivity contribution in [2.75, 3.05) is 6.61 Å². The number of rotatable bonds is 10. The van der Waals surface area contributed by atoms with Crippen LogP contribution in [0.4, 0.5) is 0 Å². The van der Waals surface area contributed by atoms with E-state index in [-0.39, 0.29) is 17.5 Å². The molecule has 6 heteroatoms. The fraction of sp³-hybridized carbons (Fsp3) is 0.700. The summed E-state index contributed by atoms with van der Waals surface area (Å²) >= 11 is 0. The fourth-order valence-corrected chi connectivity index (χ4v) is 2.66. The SMILES string of the molecule is CCOC(=O)/C=C/CCCCCC1=C(C(O)C(C)C)C(=O)OC(C)(C)O1. The molecule has 0 fully saturated rings. The van der Waals surface area contributed by atoms with Crippen LogP contribution >= 0.6 is 0 Å². The molecule has 0 saturated carbocycles. The van der Waals surface area contributed by atoms with Gasteiger partial charge in [-0.05, 0) is 32.1 Å². The summed E-state index contributed by atoms with van der Waals surface area (Å²) < 4.78 is 15.9. The number of hydrogen-bond donors (Lipinski definition) is 1. The fourth-order valence-electron chi connectivity index (χ4n) is 2.66. The maximum absolute atomic E-state index is 12.3. The zero-order valence-corrected chi connectivity index (χ0v) is 16.5. The van der Waals surface area contributed by atoms with Crippen molar-refractivity contribution in [1.29, 1.82) is 0 Å². The van der Waals surface area contributed by atoms with Crippen LogP contribution in [-0.2, 0) is 23.8 Å². The number of cyclic esters (lactones) is 1. The molecule has 1 aliphatic rings. The Kier molecular flexibility index (Phi) is 8.85. The predicted octanol–water partition coefficient (Wildman–Crippen LogP) is 3.64. The van der Waals surface area contributed by atoms with E-state index < -0.39 is 17.9 Å². The van der Waals surface area contributed by atoms with E-state index >= 15 is 0 Å². The molecule has 0 radical (unpaired) electrons. The molecule has 0 aromatic carbocycles. The van der Waals surface area contributed by atoms with Crippen molar-refractivity contribution in [3.63, 3.8) is 0 Å². The third-order valence-corrected chi connectivity index (χ3v) is 3.97. The van der Waals surface area contributed by atoms with Crippen LogP contribution in [0.15, 0.2) is 23.5 Å². The van der Waals surface area contributed by atoms with E-state index in [0.29, 0.717) is 18.8 Å². The predicted molar refractivity (Wildman–Crippen MR) is 98.0 cm³/mol. The molecule has 0 spiro atoms. The largest absolute Gasteiger partial charge is 0.463 e. The van der Waals surface area contributed by atoms with Crippen LogP contribution in [0.1, 0.15) is 66.7 Å². The first-order valence-corrected chi connectivity index (χ1v) is 9.34. The molecule has 148 valence electrons. The van der Waals surface area contributed by atoms with E-state index in [1.807, 2.05) is 19.9 Å². The molecule has 1 rings (SSSR count). The summed E-state index contributed by atoms with van der Waals surface area (Å²) in [5.41, 5.74) is 0.238. The van der Waals surface area contributed by atoms with Gasteiger partial charge in [0, 0.05) is 26.3 Å². The maximum atomic E-state index is 12.3. The van der Waals surface area contributed by atoms with E-state index in [1.165, 1.54) is 6.08 Å². The topological polar surface area (TPSA) is 82.1 Å². The Morgan fingerprint density at radius 1 is 1.23 bits per heavy atom. The summed E-state index contributed by atoms with van der Waals surface area (Å²) in [6.07, 6.45) is 6.36. The van der Waals surface area contributed by atoms with Gasteiger partial charge in [-0.3, -0.25) is 0 Å². The van der Waals surface area contributed by atoms with Crippen LogP contribution < -0.4 is 0 Å². The van der Waals surface area contributed by atoms with Gasteiger partial charge >= 0.3 is 11.9 Å². The molecule has 1 aliphatic heterocycles. The molecular weight excluding hydrogens is 336 g/mol. The highest BCUT2D eigenvalue weighted by Crippen LogP contribution is 2.32. The van der Waals surface area contributed by atoms with Crippen LogP contribution in [0, 0.1) is 5.92 Å². The molecule has 1 unspecified atom stereocenters. The lowest BCUT2D eigenvalue weighted by atomic mass is 9.95. The van der Waals surface area contributed by atoms with Gasteiger partial charge < -0.3 is 19.3 Å². The third kappa shape index (κ3) is 7.20. The zero-order valence-electron chi connectivity index (χ0n) is 16.5. The average Bonchev–Trinajstić information content (AvgIpc) is 2.52. The van der Waals surface area contributed by atoms with Crippen molar-refractivity contribution in [2.45, 2.75) is 78.6 Å². The highest BCUT2D eigenvalue weighted by molar-refractivity contribution is 5.91. The van der Waals surface area contributed by atoms with Crippen molar-refractivity contribution < 1.29 is 28.9 Å². The van der Waals surface area contributed by atoms with Gasteiger partial charge in [-0.15, -0.1) is 0 Å². The van der Waals surface area contributed by atoms with Gasteiger partial charge in [-0.2, -0.15) is 0 Å². The van der Waals surface area contributed by atoms with Crippen molar-refractivity contribution in [2.24, 2.45) is 5.92 Å². The number of aliphatic hydroxyl groups excluding tert-OH is 1. The normalized spacial score (nSPS) is 18.0. The van der Waals surface area contributed by atoms with Crippen LogP contribution in [0.5, 0.6) is 0 Å². The minimum atomic E-state index is -1.02. The van der Waals surface area contributed by atoms with Crippen LogP contribution in [0.3, 0.4) is 0 Å². The molecule has 0 aliphatic carbocycles. The smallest absolute Gasteiger partial charge is 0.343 e. The van der Waals surface area contributed by atoms with Crippen molar-refractivity contribution in [3.8, 4) is 0 Å². The minimum Gasteiger partial charge on any atom is -0.463 e. The lowest BCUT2D eigenvalue weighted by Gasteiger charge is -2.35. The van der Waals surface area contributed by atoms with Gasteiger partial charge in [0.1, 0.15) is 11.3 Å². The molecular formula is C20H32O6. The molecule has 26 heavy (non-hydrogen) atoms. The Hall–Kier alpha value is -1.82. The van der Waals surface area contributed by atoms with E-state index in [1.54, 1.807) is 20.8 Å². The van der Waals surface area contributed by atoms with Gasteiger partial charge in [-0.25, -0.2) is 9.59 Å². The number of carbonyl (C=O) groups is 2. The first-order valence-electron chi connectivity index (χ1n) is 9.34. The molecule has 1 heterocycles. The Labute approximate surface area is 156 Å². The molecule has 1 atom stereocenters. The number of unbranched alkanes of at least 4 members (excludes halogenated alkanes) is 3. The molecule has 0 aromatic heterocycles. The number of hydrogen-bond acceptors (Lipinski definition) is 6. The molecule has 1 N–H and O–H groups in total. The highest BCUT2D eigenvalue weighted by atomic mass is 16.7. The maximum Gasteiger partial charge on any atom is 0.343 e. The first-order chi connectivity index (χ1) is 12.2. The number of ether oxygens (including phenoxy) is 3. The molecule has 0 aromatic rings. The zero-order chi connectivity index (χ0) is 19.7. The summed E-state index contributed by atoms with van der Waals surface area (Å²) in [7, 11) is 0. The van der Waals surface area contributed by atoms with Gasteiger partial charge in [0.05, 0.1) is 12.7 Å². The van der Waals surface area contributed by atoms with Gasteiger partial charge in [0.15, 0.2) is 0 Å². The van der Waals surface area contributed by atoms with E-state index in [0.717, 1.165) is 25.7 Å². The van der Waals surface area contributed by atoms with Gasteiger partial charge in [0.2, 0.25) is 5.79 Å². The Bertz CT molecular complexity index is 545. The lowest BCUT2D eigenvalue weighted by molar-refractivity contribution is -0.210. The second-order valence-corrected chi connectivity index (χ2v) is 7.17. The number of esters is 2. The summed E-state index contributed by atoms with van der Waals surface area (Å²) in [5, 5.41) is 10.3. The second-order valence-electron chi connectivity index (χ2n) is 7.17. The van der Waals surface area contributed by atoms with E-state index in [4.69, 9.17) is 14.2 Å². The number of aliphatic hydroxyl groups is 1. The molecule has 0 amide bonds. The van der Waals surface area contributed by atoms with Gasteiger partial charge in [0.25, 0.3) is 0 Å². The van der Waals surface area contributed by atoms with Crippen LogP contribution in [0.2, 0.25) is 0 Å². The summed E-state index contributed by atoms with van der Waals surface area (Å²) in [6, 6.07) is 0. The van der Waals surface area contributed by atoms with E-state index in [2.05, 4.69) is 0 Å². The lowest BCUT2D eigenvalue weighted by Crippen LogP contribution is -2.40. The van der Waals surface area contributed by atoms with Crippen molar-refractivity contribution in [1.82, 2.24) is 0 Å². The monoisotopic (exact) mass is 368 g/mol. The molecule has 0 saturated heterocycles. The quantitative estimate of drug-likeness (QED) is 0.360. The molecule has 0 bridgehead atoms. The Morgan fingerprint density at radius 3 is 2.54 bits per heavy atom. The average molecular weight is 368 g/mol. The van der Waals surface area contributed by atoms with E-state index in [9.17, 15) is 14.7 Å². The van der Waals surface area contributed by atoms with Crippen LogP contribution in [-0.4, -0.2) is 35.5 Å². The summed E-state index contributed by atoms with van der Waals surface area (Å²) in [5.74, 6) is -1.43.